The van der Waals surface area contributed by atoms with Crippen LogP contribution < -0.4 is 10.6 Å². The smallest absolute Gasteiger partial charge is 0.253 e. The molecule has 1 aromatic rings. The third kappa shape index (κ3) is 3.79. The zero-order valence-electron chi connectivity index (χ0n) is 10.9. The summed E-state index contributed by atoms with van der Waals surface area (Å²) < 4.78 is 5.31. The minimum atomic E-state index is -0.328. The second-order valence-corrected chi connectivity index (χ2v) is 4.54. The van der Waals surface area contributed by atoms with E-state index >= 15 is 0 Å². The summed E-state index contributed by atoms with van der Waals surface area (Å²) in [5, 5.41) is 5.39. The molecule has 1 aromatic carbocycles. The first-order valence-corrected chi connectivity index (χ1v) is 6.41. The third-order valence-electron chi connectivity index (χ3n) is 3.09. The summed E-state index contributed by atoms with van der Waals surface area (Å²) in [5.41, 5.74) is 1.63. The molecule has 5 nitrogen and oxygen atoms in total. The Bertz CT molecular complexity index is 450. The van der Waals surface area contributed by atoms with Crippen molar-refractivity contribution in [1.29, 1.82) is 0 Å². The van der Waals surface area contributed by atoms with Crippen molar-refractivity contribution in [3.05, 3.63) is 29.8 Å². The fourth-order valence-corrected chi connectivity index (χ4v) is 1.99. The summed E-state index contributed by atoms with van der Waals surface area (Å²) in [6.45, 7) is 0.656. The molecule has 0 aliphatic carbocycles. The van der Waals surface area contributed by atoms with Gasteiger partial charge >= 0.3 is 0 Å². The second kappa shape index (κ2) is 6.33. The van der Waals surface area contributed by atoms with E-state index in [0.717, 1.165) is 24.1 Å². The van der Waals surface area contributed by atoms with E-state index in [1.54, 1.807) is 19.2 Å². The maximum Gasteiger partial charge on any atom is 0.253 e. The summed E-state index contributed by atoms with van der Waals surface area (Å²) in [5.74, 6) is -0.132. The van der Waals surface area contributed by atoms with E-state index < -0.39 is 0 Å². The highest BCUT2D eigenvalue weighted by molar-refractivity contribution is 5.94. The summed E-state index contributed by atoms with van der Waals surface area (Å²) in [4.78, 5) is 23.0. The standard InChI is InChI=1S/C14H18N2O3/c1-15-13(17)9-10-4-6-11(7-5-10)16-14(18)12-3-2-8-19-12/h4-7,12H,2-3,8-9H2,1H3,(H,15,17)(H,16,18). The van der Waals surface area contributed by atoms with Gasteiger partial charge in [0.15, 0.2) is 0 Å². The molecule has 1 saturated heterocycles. The second-order valence-electron chi connectivity index (χ2n) is 4.54. The first-order valence-electron chi connectivity index (χ1n) is 6.41. The van der Waals surface area contributed by atoms with Gasteiger partial charge in [0.2, 0.25) is 5.91 Å². The van der Waals surface area contributed by atoms with Gasteiger partial charge in [-0.25, -0.2) is 0 Å². The van der Waals surface area contributed by atoms with Crippen molar-refractivity contribution in [2.75, 3.05) is 19.0 Å². The van der Waals surface area contributed by atoms with Crippen molar-refractivity contribution in [2.45, 2.75) is 25.4 Å². The summed E-state index contributed by atoms with van der Waals surface area (Å²) in [6.07, 6.45) is 1.73. The molecule has 2 N–H and O–H groups in total. The highest BCUT2D eigenvalue weighted by Crippen LogP contribution is 2.15. The zero-order chi connectivity index (χ0) is 13.7. The number of rotatable bonds is 4. The van der Waals surface area contributed by atoms with Gasteiger partial charge in [0.25, 0.3) is 5.91 Å². The Labute approximate surface area is 112 Å². The van der Waals surface area contributed by atoms with Crippen molar-refractivity contribution in [2.24, 2.45) is 0 Å². The predicted molar refractivity (Wildman–Crippen MR) is 71.8 cm³/mol. The number of carbonyl (C=O) groups is 2. The fourth-order valence-electron chi connectivity index (χ4n) is 1.99. The van der Waals surface area contributed by atoms with E-state index in [2.05, 4.69) is 10.6 Å². The molecule has 5 heteroatoms. The van der Waals surface area contributed by atoms with Crippen LogP contribution in [-0.2, 0) is 20.7 Å². The van der Waals surface area contributed by atoms with Crippen molar-refractivity contribution in [3.8, 4) is 0 Å². The lowest BCUT2D eigenvalue weighted by molar-refractivity contribution is -0.124. The molecule has 1 atom stereocenters. The topological polar surface area (TPSA) is 67.4 Å². The predicted octanol–water partition coefficient (Wildman–Crippen LogP) is 1.09. The van der Waals surface area contributed by atoms with Crippen LogP contribution in [0.3, 0.4) is 0 Å². The first-order chi connectivity index (χ1) is 9.19. The van der Waals surface area contributed by atoms with Crippen LogP contribution in [-0.4, -0.2) is 31.6 Å². The highest BCUT2D eigenvalue weighted by atomic mass is 16.5. The lowest BCUT2D eigenvalue weighted by atomic mass is 10.1. The number of anilines is 1. The first kappa shape index (κ1) is 13.5. The Morgan fingerprint density at radius 2 is 2.05 bits per heavy atom. The van der Waals surface area contributed by atoms with E-state index in [1.165, 1.54) is 0 Å². The van der Waals surface area contributed by atoms with Crippen molar-refractivity contribution in [1.82, 2.24) is 5.32 Å². The van der Waals surface area contributed by atoms with Gasteiger partial charge in [-0.2, -0.15) is 0 Å². The molecule has 0 aromatic heterocycles. The largest absolute Gasteiger partial charge is 0.368 e. The van der Waals surface area contributed by atoms with Gasteiger partial charge in [-0.1, -0.05) is 12.1 Å². The van der Waals surface area contributed by atoms with Crippen LogP contribution in [0.25, 0.3) is 0 Å². The molecule has 2 amide bonds. The van der Waals surface area contributed by atoms with Gasteiger partial charge < -0.3 is 15.4 Å². The minimum absolute atomic E-state index is 0.0314. The van der Waals surface area contributed by atoms with Crippen LogP contribution in [0.1, 0.15) is 18.4 Å². The lowest BCUT2D eigenvalue weighted by Crippen LogP contribution is -2.26. The molecule has 1 aliphatic rings. The van der Waals surface area contributed by atoms with Gasteiger partial charge in [-0.3, -0.25) is 9.59 Å². The van der Waals surface area contributed by atoms with Gasteiger partial charge in [0.1, 0.15) is 6.10 Å². The summed E-state index contributed by atoms with van der Waals surface area (Å²) in [6, 6.07) is 7.26. The van der Waals surface area contributed by atoms with E-state index in [0.29, 0.717) is 13.0 Å². The Kier molecular flexibility index (Phi) is 4.52. The van der Waals surface area contributed by atoms with E-state index in [-0.39, 0.29) is 17.9 Å². The number of carbonyl (C=O) groups excluding carboxylic acids is 2. The molecule has 0 radical (unpaired) electrons. The number of benzene rings is 1. The van der Waals surface area contributed by atoms with Crippen LogP contribution in [0.15, 0.2) is 24.3 Å². The molecular weight excluding hydrogens is 244 g/mol. The van der Waals surface area contributed by atoms with E-state index in [1.807, 2.05) is 12.1 Å². The van der Waals surface area contributed by atoms with Gasteiger partial charge in [0, 0.05) is 19.3 Å². The molecule has 19 heavy (non-hydrogen) atoms. The zero-order valence-corrected chi connectivity index (χ0v) is 10.9. The third-order valence-corrected chi connectivity index (χ3v) is 3.09. The highest BCUT2D eigenvalue weighted by Gasteiger charge is 2.23. The average molecular weight is 262 g/mol. The number of nitrogens with one attached hydrogen (secondary N) is 2. The van der Waals surface area contributed by atoms with Gasteiger partial charge in [-0.05, 0) is 30.5 Å². The molecule has 1 heterocycles. The normalized spacial score (nSPS) is 18.1. The van der Waals surface area contributed by atoms with Crippen LogP contribution in [0.4, 0.5) is 5.69 Å². The molecule has 1 aliphatic heterocycles. The van der Waals surface area contributed by atoms with Crippen LogP contribution in [0.5, 0.6) is 0 Å². The monoisotopic (exact) mass is 262 g/mol. The minimum Gasteiger partial charge on any atom is -0.368 e. The maximum atomic E-state index is 11.8. The molecule has 1 fully saturated rings. The average Bonchev–Trinajstić information content (AvgIpc) is 2.95. The van der Waals surface area contributed by atoms with Crippen LogP contribution >= 0.6 is 0 Å². The SMILES string of the molecule is CNC(=O)Cc1ccc(NC(=O)C2CCCO2)cc1. The van der Waals surface area contributed by atoms with E-state index in [4.69, 9.17) is 4.74 Å². The Hall–Kier alpha value is -1.88. The molecule has 2 rings (SSSR count). The molecular formula is C14H18N2O3. The lowest BCUT2D eigenvalue weighted by Gasteiger charge is -2.10. The molecule has 0 saturated carbocycles. The Morgan fingerprint density at radius 1 is 1.32 bits per heavy atom. The van der Waals surface area contributed by atoms with Crippen molar-refractivity contribution < 1.29 is 14.3 Å². The number of ether oxygens (including phenoxy) is 1. The number of likely N-dealkylation sites (N-methyl/N-ethyl adjacent to an activating group) is 1. The quantitative estimate of drug-likeness (QED) is 0.853. The Balaban J connectivity index is 1.91. The molecule has 0 spiro atoms. The molecule has 1 unspecified atom stereocenters. The number of amides is 2. The van der Waals surface area contributed by atoms with E-state index in [9.17, 15) is 9.59 Å². The summed E-state index contributed by atoms with van der Waals surface area (Å²) in [7, 11) is 1.61. The van der Waals surface area contributed by atoms with Crippen LogP contribution in [0.2, 0.25) is 0 Å². The molecule has 102 valence electrons. The van der Waals surface area contributed by atoms with Crippen LogP contribution in [0, 0.1) is 0 Å². The molecule has 0 bridgehead atoms. The number of hydrogen-bond acceptors (Lipinski definition) is 3. The maximum absolute atomic E-state index is 11.8. The van der Waals surface area contributed by atoms with Crippen molar-refractivity contribution >= 4 is 17.5 Å². The fraction of sp³-hybridized carbons (Fsp3) is 0.429. The van der Waals surface area contributed by atoms with Gasteiger partial charge in [0.05, 0.1) is 6.42 Å². The number of hydrogen-bond donors (Lipinski definition) is 2. The summed E-state index contributed by atoms with van der Waals surface area (Å²) >= 11 is 0. The Morgan fingerprint density at radius 3 is 2.63 bits per heavy atom. The van der Waals surface area contributed by atoms with Crippen molar-refractivity contribution in [3.63, 3.8) is 0 Å². The van der Waals surface area contributed by atoms with Gasteiger partial charge in [-0.15, -0.1) is 0 Å².